The third-order valence-electron chi connectivity index (χ3n) is 1.50. The Morgan fingerprint density at radius 2 is 1.93 bits per heavy atom. The Morgan fingerprint density at radius 3 is 2.40 bits per heavy atom. The molecule has 0 radical (unpaired) electrons. The molecule has 1 aromatic carbocycles. The van der Waals surface area contributed by atoms with Crippen LogP contribution >= 0.6 is 0 Å². The van der Waals surface area contributed by atoms with E-state index in [1.54, 1.807) is 24.3 Å². The summed E-state index contributed by atoms with van der Waals surface area (Å²) >= 11 is 0. The predicted molar refractivity (Wildman–Crippen MR) is 58.9 cm³/mol. The zero-order chi connectivity index (χ0) is 11.3. The Morgan fingerprint density at radius 1 is 1.33 bits per heavy atom. The van der Waals surface area contributed by atoms with Crippen molar-refractivity contribution in [1.82, 2.24) is 0 Å². The third kappa shape index (κ3) is 4.49. The number of aliphatic hydroxyl groups is 1. The topological polar surface area (TPSA) is 66.4 Å². The van der Waals surface area contributed by atoms with E-state index in [0.29, 0.717) is 5.69 Å². The van der Waals surface area contributed by atoms with Crippen molar-refractivity contribution in [3.63, 3.8) is 0 Å². The van der Waals surface area contributed by atoms with E-state index < -0.39 is 10.0 Å². The van der Waals surface area contributed by atoms with Gasteiger partial charge in [-0.15, -0.1) is 0 Å². The molecule has 0 saturated heterocycles. The minimum atomic E-state index is -3.23. The molecule has 0 heterocycles. The molecule has 0 unspecified atom stereocenters. The molecule has 15 heavy (non-hydrogen) atoms. The average molecular weight is 225 g/mol. The van der Waals surface area contributed by atoms with E-state index in [9.17, 15) is 8.42 Å². The number of hydrogen-bond acceptors (Lipinski definition) is 3. The van der Waals surface area contributed by atoms with Crippen molar-refractivity contribution in [2.75, 3.05) is 17.6 Å². The quantitative estimate of drug-likeness (QED) is 0.716. The summed E-state index contributed by atoms with van der Waals surface area (Å²) in [6, 6.07) is 6.58. The van der Waals surface area contributed by atoms with E-state index in [1.165, 1.54) is 0 Å². The Labute approximate surface area is 89.0 Å². The summed E-state index contributed by atoms with van der Waals surface area (Å²) in [4.78, 5) is 0. The smallest absolute Gasteiger partial charge is 0.229 e. The number of benzene rings is 1. The van der Waals surface area contributed by atoms with Crippen LogP contribution in [-0.4, -0.2) is 26.4 Å². The number of nitrogens with one attached hydrogen (secondary N) is 1. The zero-order valence-corrected chi connectivity index (χ0v) is 9.00. The lowest BCUT2D eigenvalue weighted by Gasteiger charge is -2.02. The molecule has 0 aliphatic rings. The van der Waals surface area contributed by atoms with E-state index in [2.05, 4.69) is 16.6 Å². The van der Waals surface area contributed by atoms with Crippen LogP contribution in [0.2, 0.25) is 0 Å². The largest absolute Gasteiger partial charge is 0.384 e. The highest BCUT2D eigenvalue weighted by Gasteiger charge is 2.00. The maximum Gasteiger partial charge on any atom is 0.229 e. The van der Waals surface area contributed by atoms with Gasteiger partial charge < -0.3 is 5.11 Å². The molecule has 5 heteroatoms. The number of hydrogen-bond donors (Lipinski definition) is 2. The molecule has 1 rings (SSSR count). The molecule has 0 bridgehead atoms. The van der Waals surface area contributed by atoms with Gasteiger partial charge in [-0.05, 0) is 24.3 Å². The Balaban J connectivity index is 2.81. The highest BCUT2D eigenvalue weighted by atomic mass is 32.2. The van der Waals surface area contributed by atoms with Gasteiger partial charge in [0.1, 0.15) is 6.61 Å². The van der Waals surface area contributed by atoms with Crippen molar-refractivity contribution in [3.05, 3.63) is 29.8 Å². The summed E-state index contributed by atoms with van der Waals surface area (Å²) in [5.41, 5.74) is 1.22. The molecule has 1 aromatic rings. The first kappa shape index (κ1) is 11.6. The van der Waals surface area contributed by atoms with Crippen LogP contribution in [0.1, 0.15) is 5.56 Å². The highest BCUT2D eigenvalue weighted by molar-refractivity contribution is 7.92. The maximum atomic E-state index is 10.9. The normalized spacial score (nSPS) is 10.3. The Bertz CT molecular complexity index is 480. The molecular weight excluding hydrogens is 214 g/mol. The van der Waals surface area contributed by atoms with Gasteiger partial charge in [-0.1, -0.05) is 11.8 Å². The molecule has 0 saturated carbocycles. The SMILES string of the molecule is CS(=O)(=O)Nc1ccc(C#CCO)cc1. The first-order valence-electron chi connectivity index (χ1n) is 4.19. The van der Waals surface area contributed by atoms with Gasteiger partial charge in [0.25, 0.3) is 0 Å². The second kappa shape index (κ2) is 4.82. The minimum absolute atomic E-state index is 0.191. The van der Waals surface area contributed by atoms with Gasteiger partial charge in [-0.25, -0.2) is 8.42 Å². The van der Waals surface area contributed by atoms with Crippen LogP contribution in [0.5, 0.6) is 0 Å². The molecule has 0 aliphatic heterocycles. The first-order valence-corrected chi connectivity index (χ1v) is 6.08. The van der Waals surface area contributed by atoms with Crippen LogP contribution in [0.25, 0.3) is 0 Å². The van der Waals surface area contributed by atoms with Crippen molar-refractivity contribution < 1.29 is 13.5 Å². The van der Waals surface area contributed by atoms with Gasteiger partial charge in [0.2, 0.25) is 10.0 Å². The van der Waals surface area contributed by atoms with Gasteiger partial charge in [0, 0.05) is 11.3 Å². The van der Waals surface area contributed by atoms with E-state index in [1.807, 2.05) is 0 Å². The van der Waals surface area contributed by atoms with Crippen LogP contribution in [0.3, 0.4) is 0 Å². The summed E-state index contributed by atoms with van der Waals surface area (Å²) in [5, 5.41) is 8.47. The fourth-order valence-electron chi connectivity index (χ4n) is 0.977. The van der Waals surface area contributed by atoms with Crippen molar-refractivity contribution in [2.24, 2.45) is 0 Å². The predicted octanol–water partition coefficient (Wildman–Crippen LogP) is 0.402. The summed E-state index contributed by atoms with van der Waals surface area (Å²) in [7, 11) is -3.23. The fourth-order valence-corrected chi connectivity index (χ4v) is 1.54. The van der Waals surface area contributed by atoms with E-state index in [0.717, 1.165) is 11.8 Å². The second-order valence-electron chi connectivity index (χ2n) is 2.91. The summed E-state index contributed by atoms with van der Waals surface area (Å²) < 4.78 is 24.1. The fraction of sp³-hybridized carbons (Fsp3) is 0.200. The van der Waals surface area contributed by atoms with Gasteiger partial charge in [-0.2, -0.15) is 0 Å². The van der Waals surface area contributed by atoms with Gasteiger partial charge in [0.05, 0.1) is 6.26 Å². The van der Waals surface area contributed by atoms with Gasteiger partial charge in [-0.3, -0.25) is 4.72 Å². The third-order valence-corrected chi connectivity index (χ3v) is 2.11. The van der Waals surface area contributed by atoms with E-state index >= 15 is 0 Å². The monoisotopic (exact) mass is 225 g/mol. The van der Waals surface area contributed by atoms with Crippen LogP contribution in [-0.2, 0) is 10.0 Å². The Kier molecular flexibility index (Phi) is 3.72. The molecule has 0 spiro atoms. The molecule has 0 aromatic heterocycles. The number of aliphatic hydroxyl groups excluding tert-OH is 1. The molecule has 0 aliphatic carbocycles. The van der Waals surface area contributed by atoms with Crippen LogP contribution in [0.15, 0.2) is 24.3 Å². The van der Waals surface area contributed by atoms with Crippen molar-refractivity contribution in [3.8, 4) is 11.8 Å². The minimum Gasteiger partial charge on any atom is -0.384 e. The molecule has 2 N–H and O–H groups in total. The summed E-state index contributed by atoms with van der Waals surface area (Å²) in [6.45, 7) is -0.191. The lowest BCUT2D eigenvalue weighted by Crippen LogP contribution is -2.09. The van der Waals surface area contributed by atoms with Gasteiger partial charge >= 0.3 is 0 Å². The zero-order valence-electron chi connectivity index (χ0n) is 8.19. The molecule has 0 fully saturated rings. The molecule has 0 atom stereocenters. The molecule has 4 nitrogen and oxygen atoms in total. The van der Waals surface area contributed by atoms with Crippen LogP contribution < -0.4 is 4.72 Å². The summed E-state index contributed by atoms with van der Waals surface area (Å²) in [6.07, 6.45) is 1.09. The van der Waals surface area contributed by atoms with Gasteiger partial charge in [0.15, 0.2) is 0 Å². The number of rotatable bonds is 2. The average Bonchev–Trinajstić information content (AvgIpc) is 2.14. The molecule has 80 valence electrons. The summed E-state index contributed by atoms with van der Waals surface area (Å²) in [5.74, 6) is 5.21. The number of sulfonamides is 1. The van der Waals surface area contributed by atoms with E-state index in [-0.39, 0.29) is 6.61 Å². The first-order chi connectivity index (χ1) is 7.01. The number of anilines is 1. The lowest BCUT2D eigenvalue weighted by molar-refractivity contribution is 0.350. The highest BCUT2D eigenvalue weighted by Crippen LogP contribution is 2.09. The lowest BCUT2D eigenvalue weighted by atomic mass is 10.2. The van der Waals surface area contributed by atoms with Crippen LogP contribution in [0.4, 0.5) is 5.69 Å². The Hall–Kier alpha value is -1.51. The molecule has 0 amide bonds. The van der Waals surface area contributed by atoms with Crippen LogP contribution in [0, 0.1) is 11.8 Å². The maximum absolute atomic E-state index is 10.9. The van der Waals surface area contributed by atoms with Crippen molar-refractivity contribution in [1.29, 1.82) is 0 Å². The van der Waals surface area contributed by atoms with Crippen molar-refractivity contribution in [2.45, 2.75) is 0 Å². The van der Waals surface area contributed by atoms with Crippen molar-refractivity contribution >= 4 is 15.7 Å². The standard InChI is InChI=1S/C10H11NO3S/c1-15(13,14)11-10-6-4-9(5-7-10)3-2-8-12/h4-7,11-12H,8H2,1H3. The van der Waals surface area contributed by atoms with E-state index in [4.69, 9.17) is 5.11 Å². The molecular formula is C10H11NO3S. The second-order valence-corrected chi connectivity index (χ2v) is 4.66.